The molecule has 1 aliphatic rings. The Hall–Kier alpha value is -1.57. The molecule has 0 aromatic carbocycles. The molecule has 0 aliphatic carbocycles. The zero-order valence-electron chi connectivity index (χ0n) is 8.57. The predicted molar refractivity (Wildman–Crippen MR) is 49.0 cm³/mol. The van der Waals surface area contributed by atoms with Crippen LogP contribution >= 0.6 is 0 Å². The first-order valence-electron chi connectivity index (χ1n) is 4.65. The smallest absolute Gasteiger partial charge is 0.419 e. The molecule has 0 radical (unpaired) electrons. The molecule has 1 rings (SSSR count). The minimum atomic E-state index is -4.81. The standard InChI is InChI=1S/C9H10F3NO4/c10-9(11,12)8(17)3-4-13(5-8)6(14)1-2-7(15)16/h1-2,17H,3-5H2,(H,15,16)/b2-1+/t8-/m0/s1. The maximum atomic E-state index is 12.4. The Kier molecular flexibility index (Phi) is 3.46. The lowest BCUT2D eigenvalue weighted by atomic mass is 10.0. The summed E-state index contributed by atoms with van der Waals surface area (Å²) in [6.45, 7) is -1.14. The van der Waals surface area contributed by atoms with E-state index in [-0.39, 0.29) is 6.54 Å². The van der Waals surface area contributed by atoms with Gasteiger partial charge < -0.3 is 15.1 Å². The van der Waals surface area contributed by atoms with Gasteiger partial charge in [0.2, 0.25) is 5.91 Å². The number of β-amino-alcohol motifs (C(OH)–C–C–N with tert-alkyl or cyclic N) is 1. The average molecular weight is 253 g/mol. The number of halogens is 3. The largest absolute Gasteiger partial charge is 0.478 e. The lowest BCUT2D eigenvalue weighted by Gasteiger charge is -2.25. The van der Waals surface area contributed by atoms with Gasteiger partial charge in [-0.05, 0) is 0 Å². The van der Waals surface area contributed by atoms with E-state index in [9.17, 15) is 27.9 Å². The zero-order chi connectivity index (χ0) is 13.3. The van der Waals surface area contributed by atoms with Gasteiger partial charge in [-0.25, -0.2) is 4.79 Å². The fourth-order valence-corrected chi connectivity index (χ4v) is 1.46. The SMILES string of the molecule is O=C(O)/C=C/C(=O)N1CC[C@@](O)(C(F)(F)F)C1. The topological polar surface area (TPSA) is 77.8 Å². The lowest BCUT2D eigenvalue weighted by molar-refractivity contribution is -0.253. The molecule has 1 aliphatic heterocycles. The van der Waals surface area contributed by atoms with Gasteiger partial charge in [-0.2, -0.15) is 13.2 Å². The predicted octanol–water partition coefficient (Wildman–Crippen LogP) is 0.153. The third-order valence-electron chi connectivity index (χ3n) is 2.46. The van der Waals surface area contributed by atoms with Crippen molar-refractivity contribution < 1.29 is 33.0 Å². The van der Waals surface area contributed by atoms with Crippen LogP contribution in [0.3, 0.4) is 0 Å². The molecular weight excluding hydrogens is 243 g/mol. The Morgan fingerprint density at radius 3 is 2.29 bits per heavy atom. The molecule has 1 atom stereocenters. The number of amides is 1. The summed E-state index contributed by atoms with van der Waals surface area (Å²) in [7, 11) is 0. The molecule has 0 saturated carbocycles. The highest BCUT2D eigenvalue weighted by molar-refractivity contribution is 5.94. The number of aliphatic carboxylic acids is 1. The number of carbonyl (C=O) groups excluding carboxylic acids is 1. The van der Waals surface area contributed by atoms with Crippen molar-refractivity contribution in [3.63, 3.8) is 0 Å². The molecule has 0 aromatic heterocycles. The molecule has 2 N–H and O–H groups in total. The van der Waals surface area contributed by atoms with E-state index in [1.807, 2.05) is 0 Å². The van der Waals surface area contributed by atoms with Gasteiger partial charge in [-0.3, -0.25) is 4.79 Å². The summed E-state index contributed by atoms with van der Waals surface area (Å²) in [5, 5.41) is 17.5. The van der Waals surface area contributed by atoms with Crippen molar-refractivity contribution in [1.29, 1.82) is 0 Å². The van der Waals surface area contributed by atoms with E-state index in [0.29, 0.717) is 12.2 Å². The Balaban J connectivity index is 2.68. The summed E-state index contributed by atoms with van der Waals surface area (Å²) in [6.07, 6.45) is -4.22. The number of carboxylic acids is 1. The van der Waals surface area contributed by atoms with Crippen LogP contribution in [0.2, 0.25) is 0 Å². The van der Waals surface area contributed by atoms with Crippen molar-refractivity contribution in [3.8, 4) is 0 Å². The van der Waals surface area contributed by atoms with Crippen LogP contribution in [0, 0.1) is 0 Å². The highest BCUT2D eigenvalue weighted by Crippen LogP contribution is 2.37. The fraction of sp³-hybridized carbons (Fsp3) is 0.556. The third-order valence-corrected chi connectivity index (χ3v) is 2.46. The second-order valence-electron chi connectivity index (χ2n) is 3.71. The first kappa shape index (κ1) is 13.5. The van der Waals surface area contributed by atoms with Crippen molar-refractivity contribution >= 4 is 11.9 Å². The maximum Gasteiger partial charge on any atom is 0.419 e. The zero-order valence-corrected chi connectivity index (χ0v) is 8.57. The van der Waals surface area contributed by atoms with Gasteiger partial charge >= 0.3 is 12.1 Å². The van der Waals surface area contributed by atoms with Gasteiger partial charge in [0.15, 0.2) is 5.60 Å². The normalized spacial score (nSPS) is 25.5. The molecule has 1 heterocycles. The first-order chi connectivity index (χ1) is 7.66. The van der Waals surface area contributed by atoms with E-state index >= 15 is 0 Å². The van der Waals surface area contributed by atoms with E-state index in [0.717, 1.165) is 4.90 Å². The second kappa shape index (κ2) is 4.36. The Morgan fingerprint density at radius 1 is 1.29 bits per heavy atom. The molecule has 8 heteroatoms. The van der Waals surface area contributed by atoms with Gasteiger partial charge in [0, 0.05) is 25.1 Å². The van der Waals surface area contributed by atoms with Crippen LogP contribution < -0.4 is 0 Å². The van der Waals surface area contributed by atoms with Crippen LogP contribution in [0.15, 0.2) is 12.2 Å². The van der Waals surface area contributed by atoms with Crippen LogP contribution in [0.4, 0.5) is 13.2 Å². The van der Waals surface area contributed by atoms with Crippen LogP contribution in [0.5, 0.6) is 0 Å². The van der Waals surface area contributed by atoms with Crippen molar-refractivity contribution in [1.82, 2.24) is 4.90 Å². The molecule has 1 saturated heterocycles. The van der Waals surface area contributed by atoms with Crippen LogP contribution in [-0.4, -0.2) is 51.9 Å². The van der Waals surface area contributed by atoms with E-state index < -0.39 is 36.6 Å². The van der Waals surface area contributed by atoms with Crippen molar-refractivity contribution in [2.24, 2.45) is 0 Å². The van der Waals surface area contributed by atoms with Crippen LogP contribution in [-0.2, 0) is 9.59 Å². The van der Waals surface area contributed by atoms with Gasteiger partial charge in [0.25, 0.3) is 0 Å². The quantitative estimate of drug-likeness (QED) is 0.687. The fourth-order valence-electron chi connectivity index (χ4n) is 1.46. The summed E-state index contributed by atoms with van der Waals surface area (Å²) in [6, 6.07) is 0. The summed E-state index contributed by atoms with van der Waals surface area (Å²) >= 11 is 0. The Labute approximate surface area is 94.1 Å². The Morgan fingerprint density at radius 2 is 1.88 bits per heavy atom. The van der Waals surface area contributed by atoms with Crippen LogP contribution in [0.25, 0.3) is 0 Å². The molecule has 0 bridgehead atoms. The van der Waals surface area contributed by atoms with Gasteiger partial charge in [-0.1, -0.05) is 0 Å². The number of aliphatic hydroxyl groups is 1. The second-order valence-corrected chi connectivity index (χ2v) is 3.71. The molecule has 0 spiro atoms. The number of rotatable bonds is 2. The molecule has 5 nitrogen and oxygen atoms in total. The van der Waals surface area contributed by atoms with Crippen LogP contribution in [0.1, 0.15) is 6.42 Å². The summed E-state index contributed by atoms with van der Waals surface area (Å²) in [4.78, 5) is 22.1. The molecule has 1 amide bonds. The number of hydrogen-bond donors (Lipinski definition) is 2. The third kappa shape index (κ3) is 2.96. The first-order valence-corrected chi connectivity index (χ1v) is 4.65. The minimum absolute atomic E-state index is 0.265. The van der Waals surface area contributed by atoms with E-state index in [1.165, 1.54) is 0 Å². The number of alkyl halides is 3. The summed E-state index contributed by atoms with van der Waals surface area (Å²) in [5.74, 6) is -2.24. The molecule has 17 heavy (non-hydrogen) atoms. The molecule has 0 unspecified atom stereocenters. The van der Waals surface area contributed by atoms with E-state index in [1.54, 1.807) is 0 Å². The van der Waals surface area contributed by atoms with Crippen molar-refractivity contribution in [2.75, 3.05) is 13.1 Å². The molecule has 0 aromatic rings. The number of hydrogen-bond acceptors (Lipinski definition) is 3. The Bertz CT molecular complexity index is 366. The highest BCUT2D eigenvalue weighted by Gasteiger charge is 2.57. The number of nitrogens with zero attached hydrogens (tertiary/aromatic N) is 1. The van der Waals surface area contributed by atoms with E-state index in [2.05, 4.69) is 0 Å². The van der Waals surface area contributed by atoms with Crippen molar-refractivity contribution in [3.05, 3.63) is 12.2 Å². The van der Waals surface area contributed by atoms with Gasteiger partial charge in [0.05, 0.1) is 6.54 Å². The number of carbonyl (C=O) groups is 2. The monoisotopic (exact) mass is 253 g/mol. The van der Waals surface area contributed by atoms with Gasteiger partial charge in [-0.15, -0.1) is 0 Å². The minimum Gasteiger partial charge on any atom is -0.478 e. The molecule has 1 fully saturated rings. The number of likely N-dealkylation sites (tertiary alicyclic amines) is 1. The number of carboxylic acid groups (broad SMARTS) is 1. The van der Waals surface area contributed by atoms with Gasteiger partial charge in [0.1, 0.15) is 0 Å². The molecule has 96 valence electrons. The summed E-state index contributed by atoms with van der Waals surface area (Å²) < 4.78 is 37.2. The maximum absolute atomic E-state index is 12.4. The lowest BCUT2D eigenvalue weighted by Crippen LogP contribution is -2.47. The average Bonchev–Trinajstić information content (AvgIpc) is 2.57. The molecular formula is C9H10F3NO4. The summed E-state index contributed by atoms with van der Waals surface area (Å²) in [5.41, 5.74) is -2.90. The van der Waals surface area contributed by atoms with E-state index in [4.69, 9.17) is 5.11 Å². The van der Waals surface area contributed by atoms with Crippen molar-refractivity contribution in [2.45, 2.75) is 18.2 Å². The highest BCUT2D eigenvalue weighted by atomic mass is 19.4.